The van der Waals surface area contributed by atoms with E-state index >= 15 is 0 Å². The predicted octanol–water partition coefficient (Wildman–Crippen LogP) is -1.03. The molecule has 0 atom stereocenters. The number of nitrogens with one attached hydrogen (secondary N) is 2. The Bertz CT molecular complexity index is 229. The lowest BCUT2D eigenvalue weighted by Gasteiger charge is -1.95. The molecular formula is C7H10N4O2. The maximum absolute atomic E-state index is 9.88. The predicted molar refractivity (Wildman–Crippen MR) is 48.2 cm³/mol. The molecule has 6 nitrogen and oxygen atoms in total. The van der Waals surface area contributed by atoms with E-state index < -0.39 is 6.03 Å². The van der Waals surface area contributed by atoms with Gasteiger partial charge in [-0.15, -0.1) is 0 Å². The van der Waals surface area contributed by atoms with Gasteiger partial charge in [0.2, 0.25) is 0 Å². The van der Waals surface area contributed by atoms with Crippen molar-refractivity contribution in [3.8, 4) is 0 Å². The minimum Gasteiger partial charge on any atom is -0.300 e. The van der Waals surface area contributed by atoms with Crippen molar-refractivity contribution in [2.45, 2.75) is 6.17 Å². The van der Waals surface area contributed by atoms with Crippen LogP contribution in [0.4, 0.5) is 4.79 Å². The average molecular weight is 182 g/mol. The van der Waals surface area contributed by atoms with Gasteiger partial charge in [0.1, 0.15) is 6.17 Å². The van der Waals surface area contributed by atoms with E-state index in [1.807, 2.05) is 0 Å². The Hall–Kier alpha value is -1.40. The average Bonchev–Trinajstić information content (AvgIpc) is 2.76. The van der Waals surface area contributed by atoms with Gasteiger partial charge in [-0.1, -0.05) is 0 Å². The second-order valence-corrected chi connectivity index (χ2v) is 2.36. The maximum Gasteiger partial charge on any atom is 0.367 e. The minimum absolute atomic E-state index is 0.0833. The Labute approximate surface area is 75.1 Å². The van der Waals surface area contributed by atoms with E-state index in [-0.39, 0.29) is 6.17 Å². The van der Waals surface area contributed by atoms with Crippen LogP contribution in [-0.2, 0) is 4.79 Å². The first kappa shape index (κ1) is 9.69. The van der Waals surface area contributed by atoms with Crippen molar-refractivity contribution >= 4 is 24.7 Å². The molecule has 2 amide bonds. The van der Waals surface area contributed by atoms with Crippen LogP contribution in [0.2, 0.25) is 0 Å². The third-order valence-corrected chi connectivity index (χ3v) is 1.43. The Morgan fingerprint density at radius 2 is 1.85 bits per heavy atom. The quantitative estimate of drug-likeness (QED) is 0.508. The van der Waals surface area contributed by atoms with Crippen molar-refractivity contribution in [1.29, 1.82) is 0 Å². The molecule has 0 aromatic heterocycles. The number of rotatable bonds is 1. The maximum atomic E-state index is 9.88. The first-order valence-electron chi connectivity index (χ1n) is 3.85. The molecule has 1 fully saturated rings. The molecule has 2 aliphatic rings. The van der Waals surface area contributed by atoms with Gasteiger partial charge in [-0.3, -0.25) is 10.6 Å². The third kappa shape index (κ3) is 3.68. The topological polar surface area (TPSA) is 82.9 Å². The number of hydrogen-bond donors (Lipinski definition) is 2. The van der Waals surface area contributed by atoms with Crippen LogP contribution in [0.15, 0.2) is 9.98 Å². The van der Waals surface area contributed by atoms with Gasteiger partial charge in [0.15, 0.2) is 6.29 Å². The SMILES string of the molecule is O=C1N=CC=N1.O=CC1NCCN1. The molecule has 2 heterocycles. The number of aldehydes is 1. The molecule has 0 unspecified atom stereocenters. The molecule has 1 saturated heterocycles. The second kappa shape index (κ2) is 5.28. The first-order valence-corrected chi connectivity index (χ1v) is 3.85. The van der Waals surface area contributed by atoms with Gasteiger partial charge >= 0.3 is 6.03 Å². The number of amides is 2. The monoisotopic (exact) mass is 182 g/mol. The molecule has 2 N–H and O–H groups in total. The van der Waals surface area contributed by atoms with Gasteiger partial charge in [-0.25, -0.2) is 4.79 Å². The highest BCUT2D eigenvalue weighted by Gasteiger charge is 2.08. The zero-order valence-corrected chi connectivity index (χ0v) is 6.93. The van der Waals surface area contributed by atoms with Crippen LogP contribution < -0.4 is 10.6 Å². The molecule has 0 aromatic carbocycles. The Morgan fingerprint density at radius 1 is 1.31 bits per heavy atom. The molecule has 2 aliphatic heterocycles. The van der Waals surface area contributed by atoms with Crippen molar-refractivity contribution in [1.82, 2.24) is 10.6 Å². The molecule has 0 aliphatic carbocycles. The van der Waals surface area contributed by atoms with E-state index in [0.717, 1.165) is 19.4 Å². The lowest BCUT2D eigenvalue weighted by Crippen LogP contribution is -2.31. The molecule has 0 saturated carbocycles. The summed E-state index contributed by atoms with van der Waals surface area (Å²) in [5.74, 6) is 0. The van der Waals surface area contributed by atoms with Gasteiger partial charge in [0.25, 0.3) is 0 Å². The van der Waals surface area contributed by atoms with Crippen LogP contribution in [-0.4, -0.2) is 44.0 Å². The van der Waals surface area contributed by atoms with Crippen molar-refractivity contribution < 1.29 is 9.59 Å². The molecule has 13 heavy (non-hydrogen) atoms. The highest BCUT2D eigenvalue weighted by molar-refractivity contribution is 6.25. The Balaban J connectivity index is 0.000000132. The number of carbonyl (C=O) groups is 2. The molecule has 2 rings (SSSR count). The molecule has 6 heteroatoms. The van der Waals surface area contributed by atoms with E-state index in [4.69, 9.17) is 0 Å². The lowest BCUT2D eigenvalue weighted by molar-refractivity contribution is -0.109. The number of carbonyl (C=O) groups excluding carboxylic acids is 2. The highest BCUT2D eigenvalue weighted by atomic mass is 16.2. The third-order valence-electron chi connectivity index (χ3n) is 1.43. The van der Waals surface area contributed by atoms with E-state index in [1.54, 1.807) is 0 Å². The van der Waals surface area contributed by atoms with Gasteiger partial charge in [0, 0.05) is 13.1 Å². The van der Waals surface area contributed by atoms with Crippen molar-refractivity contribution in [3.05, 3.63) is 0 Å². The smallest absolute Gasteiger partial charge is 0.300 e. The number of nitrogens with zero attached hydrogens (tertiary/aromatic N) is 2. The first-order chi connectivity index (χ1) is 6.33. The summed E-state index contributed by atoms with van der Waals surface area (Å²) < 4.78 is 0. The Morgan fingerprint density at radius 3 is 2.08 bits per heavy atom. The van der Waals surface area contributed by atoms with E-state index in [0.29, 0.717) is 0 Å². The summed E-state index contributed by atoms with van der Waals surface area (Å²) in [6.07, 6.45) is 3.51. The number of urea groups is 1. The van der Waals surface area contributed by atoms with Crippen molar-refractivity contribution in [2.75, 3.05) is 13.1 Å². The van der Waals surface area contributed by atoms with Crippen LogP contribution in [0, 0.1) is 0 Å². The fourth-order valence-electron chi connectivity index (χ4n) is 0.851. The van der Waals surface area contributed by atoms with Crippen molar-refractivity contribution in [3.63, 3.8) is 0 Å². The highest BCUT2D eigenvalue weighted by Crippen LogP contribution is 1.81. The van der Waals surface area contributed by atoms with E-state index in [9.17, 15) is 9.59 Å². The molecule has 70 valence electrons. The van der Waals surface area contributed by atoms with E-state index in [2.05, 4.69) is 20.6 Å². The van der Waals surface area contributed by atoms with Crippen LogP contribution in [0.5, 0.6) is 0 Å². The summed E-state index contributed by atoms with van der Waals surface area (Å²) in [5.41, 5.74) is 0. The molecule has 0 aromatic rings. The molecule has 0 radical (unpaired) electrons. The van der Waals surface area contributed by atoms with Crippen LogP contribution in [0.3, 0.4) is 0 Å². The zero-order valence-electron chi connectivity index (χ0n) is 6.93. The van der Waals surface area contributed by atoms with Crippen molar-refractivity contribution in [2.24, 2.45) is 9.98 Å². The minimum atomic E-state index is -0.407. The van der Waals surface area contributed by atoms with Gasteiger partial charge in [0.05, 0.1) is 12.4 Å². The summed E-state index contributed by atoms with van der Waals surface area (Å²) >= 11 is 0. The lowest BCUT2D eigenvalue weighted by atomic mass is 10.6. The van der Waals surface area contributed by atoms with Crippen LogP contribution in [0.25, 0.3) is 0 Å². The number of aliphatic imine (C=N–C) groups is 2. The largest absolute Gasteiger partial charge is 0.367 e. The van der Waals surface area contributed by atoms with Crippen LogP contribution >= 0.6 is 0 Å². The summed E-state index contributed by atoms with van der Waals surface area (Å²) in [7, 11) is 0. The summed E-state index contributed by atoms with van der Waals surface area (Å²) in [6, 6.07) is -0.407. The second-order valence-electron chi connectivity index (χ2n) is 2.36. The Kier molecular flexibility index (Phi) is 3.94. The van der Waals surface area contributed by atoms with Gasteiger partial charge in [-0.2, -0.15) is 9.98 Å². The van der Waals surface area contributed by atoms with Crippen LogP contribution in [0.1, 0.15) is 0 Å². The molecule has 0 spiro atoms. The molecular weight excluding hydrogens is 172 g/mol. The fraction of sp³-hybridized carbons (Fsp3) is 0.429. The summed E-state index contributed by atoms with van der Waals surface area (Å²) in [4.78, 5) is 26.2. The summed E-state index contributed by atoms with van der Waals surface area (Å²) in [5, 5.41) is 5.85. The summed E-state index contributed by atoms with van der Waals surface area (Å²) in [6.45, 7) is 1.81. The zero-order chi connectivity index (χ0) is 9.52. The standard InChI is InChI=1S/C4H8N2O.C3H2N2O/c7-3-4-5-1-2-6-4;6-3-4-1-2-5-3/h3-6H,1-2H2;1-2H. The molecule has 0 bridgehead atoms. The fourth-order valence-corrected chi connectivity index (χ4v) is 0.851. The van der Waals surface area contributed by atoms with Gasteiger partial charge in [-0.05, 0) is 0 Å². The number of hydrogen-bond acceptors (Lipinski definition) is 4. The normalized spacial score (nSPS) is 20.2. The van der Waals surface area contributed by atoms with Gasteiger partial charge < -0.3 is 4.79 Å². The van der Waals surface area contributed by atoms with E-state index in [1.165, 1.54) is 12.4 Å².